The molecule has 0 unspecified atom stereocenters. The van der Waals surface area contributed by atoms with Gasteiger partial charge in [-0.05, 0) is 44.7 Å². The van der Waals surface area contributed by atoms with Crippen LogP contribution in [-0.4, -0.2) is 47.8 Å². The average molecular weight is 441 g/mol. The van der Waals surface area contributed by atoms with Crippen LogP contribution in [0.25, 0.3) is 5.13 Å². The molecule has 0 spiro atoms. The van der Waals surface area contributed by atoms with E-state index >= 15 is 0 Å². The van der Waals surface area contributed by atoms with Crippen molar-refractivity contribution in [2.24, 2.45) is 7.05 Å². The lowest BCUT2D eigenvalue weighted by molar-refractivity contribution is 0.0713. The summed E-state index contributed by atoms with van der Waals surface area (Å²) in [7, 11) is 1.74. The lowest BCUT2D eigenvalue weighted by Crippen LogP contribution is -2.38. The van der Waals surface area contributed by atoms with E-state index in [4.69, 9.17) is 0 Å². The van der Waals surface area contributed by atoms with E-state index < -0.39 is 0 Å². The summed E-state index contributed by atoms with van der Waals surface area (Å²) in [5, 5.41) is 5.42. The van der Waals surface area contributed by atoms with Crippen LogP contribution < -0.4 is 5.69 Å². The maximum absolute atomic E-state index is 13.2. The van der Waals surface area contributed by atoms with Gasteiger partial charge in [-0.3, -0.25) is 9.36 Å². The van der Waals surface area contributed by atoms with E-state index in [0.29, 0.717) is 18.0 Å². The van der Waals surface area contributed by atoms with Gasteiger partial charge < -0.3 is 9.47 Å². The van der Waals surface area contributed by atoms with Gasteiger partial charge in [-0.15, -0.1) is 0 Å². The minimum absolute atomic E-state index is 0.00164. The number of thiazole rings is 1. The molecule has 3 aromatic rings. The molecule has 0 radical (unpaired) electrons. The molecule has 8 nitrogen and oxygen atoms in total. The summed E-state index contributed by atoms with van der Waals surface area (Å²) < 4.78 is 5.37. The monoisotopic (exact) mass is 440 g/mol. The zero-order valence-corrected chi connectivity index (χ0v) is 18.8. The van der Waals surface area contributed by atoms with Crippen LogP contribution in [0.2, 0.25) is 0 Å². The van der Waals surface area contributed by atoms with Crippen LogP contribution in [0.15, 0.2) is 29.3 Å². The summed E-state index contributed by atoms with van der Waals surface area (Å²) in [6, 6.07) is 4.18. The average Bonchev–Trinajstić information content (AvgIpc) is 3.56. The fourth-order valence-corrected chi connectivity index (χ4v) is 5.92. The third kappa shape index (κ3) is 3.64. The fraction of sp³-hybridized carbons (Fsp3) is 0.545. The van der Waals surface area contributed by atoms with Gasteiger partial charge in [-0.1, -0.05) is 24.2 Å². The van der Waals surface area contributed by atoms with Gasteiger partial charge in [0, 0.05) is 44.5 Å². The SMILES string of the molecule is Cc1nc(-n2cccc2)sc1C(=O)N1CCC(c2nn(C)c(=O)n2C2CCCC2)CC1. The molecule has 0 aromatic carbocycles. The van der Waals surface area contributed by atoms with Crippen molar-refractivity contribution in [2.45, 2.75) is 57.4 Å². The molecule has 1 aliphatic heterocycles. The number of carbonyl (C=O) groups excluding carboxylic acids is 1. The van der Waals surface area contributed by atoms with Crippen molar-refractivity contribution >= 4 is 17.2 Å². The molecule has 9 heteroatoms. The fourth-order valence-electron chi connectivity index (χ4n) is 4.92. The first kappa shape index (κ1) is 20.2. The van der Waals surface area contributed by atoms with Crippen LogP contribution in [-0.2, 0) is 7.05 Å². The number of piperidine rings is 1. The molecule has 4 heterocycles. The van der Waals surface area contributed by atoms with Gasteiger partial charge in [0.05, 0.1) is 5.69 Å². The van der Waals surface area contributed by atoms with E-state index in [-0.39, 0.29) is 23.6 Å². The third-order valence-corrected chi connectivity index (χ3v) is 7.78. The lowest BCUT2D eigenvalue weighted by Gasteiger charge is -2.32. The smallest absolute Gasteiger partial charge is 0.338 e. The van der Waals surface area contributed by atoms with E-state index in [9.17, 15) is 9.59 Å². The summed E-state index contributed by atoms with van der Waals surface area (Å²) in [5.41, 5.74) is 0.777. The molecule has 0 bridgehead atoms. The second kappa shape index (κ2) is 8.11. The first-order chi connectivity index (χ1) is 15.0. The van der Waals surface area contributed by atoms with E-state index in [2.05, 4.69) is 10.1 Å². The van der Waals surface area contributed by atoms with Crippen molar-refractivity contribution in [3.63, 3.8) is 0 Å². The number of hydrogen-bond donors (Lipinski definition) is 0. The molecular formula is C22H28N6O2S. The molecule has 1 amide bonds. The zero-order valence-electron chi connectivity index (χ0n) is 18.0. The summed E-state index contributed by atoms with van der Waals surface area (Å²) in [5.74, 6) is 1.19. The number of rotatable bonds is 4. The Morgan fingerprint density at radius 1 is 1.10 bits per heavy atom. The number of aryl methyl sites for hydroxylation is 2. The van der Waals surface area contributed by atoms with Crippen molar-refractivity contribution in [1.82, 2.24) is 28.8 Å². The number of hydrogen-bond acceptors (Lipinski definition) is 5. The normalized spacial score (nSPS) is 18.2. The molecular weight excluding hydrogens is 412 g/mol. The largest absolute Gasteiger partial charge is 0.345 e. The highest BCUT2D eigenvalue weighted by atomic mass is 32.1. The molecule has 2 aliphatic rings. The minimum atomic E-state index is -0.00164. The number of aromatic nitrogens is 5. The molecule has 0 N–H and O–H groups in total. The van der Waals surface area contributed by atoms with Gasteiger partial charge in [0.15, 0.2) is 5.13 Å². The van der Waals surface area contributed by atoms with E-state index in [0.717, 1.165) is 42.3 Å². The molecule has 31 heavy (non-hydrogen) atoms. The van der Waals surface area contributed by atoms with Crippen molar-refractivity contribution in [2.75, 3.05) is 13.1 Å². The Hall–Kier alpha value is -2.68. The molecule has 5 rings (SSSR count). The van der Waals surface area contributed by atoms with Crippen molar-refractivity contribution in [1.29, 1.82) is 0 Å². The van der Waals surface area contributed by atoms with Gasteiger partial charge in [0.25, 0.3) is 5.91 Å². The number of likely N-dealkylation sites (tertiary alicyclic amines) is 1. The summed E-state index contributed by atoms with van der Waals surface area (Å²) >= 11 is 1.44. The van der Waals surface area contributed by atoms with Crippen LogP contribution in [0.5, 0.6) is 0 Å². The van der Waals surface area contributed by atoms with Gasteiger partial charge >= 0.3 is 5.69 Å². The number of amides is 1. The Morgan fingerprint density at radius 3 is 2.45 bits per heavy atom. The van der Waals surface area contributed by atoms with Gasteiger partial charge in [0.1, 0.15) is 10.7 Å². The third-order valence-electron chi connectivity index (χ3n) is 6.62. The summed E-state index contributed by atoms with van der Waals surface area (Å²) in [4.78, 5) is 33.1. The standard InChI is InChI=1S/C22H28N6O2S/c1-15-18(31-21(23-15)27-11-5-6-12-27)20(29)26-13-9-16(10-14-26)19-24-25(2)22(30)28(19)17-7-3-4-8-17/h5-6,11-12,16-17H,3-4,7-10,13-14H2,1-2H3. The predicted octanol–water partition coefficient (Wildman–Crippen LogP) is 3.27. The second-order valence-electron chi connectivity index (χ2n) is 8.64. The first-order valence-electron chi connectivity index (χ1n) is 11.1. The van der Waals surface area contributed by atoms with E-state index in [1.807, 2.05) is 45.5 Å². The molecule has 2 fully saturated rings. The highest BCUT2D eigenvalue weighted by molar-refractivity contribution is 7.16. The Balaban J connectivity index is 1.31. The molecule has 1 saturated carbocycles. The van der Waals surface area contributed by atoms with Gasteiger partial charge in [-0.25, -0.2) is 14.5 Å². The molecule has 3 aromatic heterocycles. The van der Waals surface area contributed by atoms with Gasteiger partial charge in [-0.2, -0.15) is 5.10 Å². The van der Waals surface area contributed by atoms with Crippen LogP contribution in [0, 0.1) is 6.92 Å². The van der Waals surface area contributed by atoms with Crippen molar-refractivity contribution in [3.05, 3.63) is 51.4 Å². The summed E-state index contributed by atoms with van der Waals surface area (Å²) in [6.07, 6.45) is 10.0. The topological polar surface area (TPSA) is 78.0 Å². The van der Waals surface area contributed by atoms with Crippen molar-refractivity contribution < 1.29 is 4.79 Å². The minimum Gasteiger partial charge on any atom is -0.338 e. The number of nitrogens with zero attached hydrogens (tertiary/aromatic N) is 6. The first-order valence-corrected chi connectivity index (χ1v) is 11.9. The Kier molecular flexibility index (Phi) is 5.29. The molecule has 164 valence electrons. The van der Waals surface area contributed by atoms with Crippen LogP contribution in [0.4, 0.5) is 0 Å². The molecule has 1 aliphatic carbocycles. The Labute approximate surface area is 185 Å². The maximum Gasteiger partial charge on any atom is 0.345 e. The van der Waals surface area contributed by atoms with Crippen LogP contribution in [0.1, 0.15) is 71.7 Å². The molecule has 0 atom stereocenters. The lowest BCUT2D eigenvalue weighted by atomic mass is 9.95. The van der Waals surface area contributed by atoms with Crippen LogP contribution >= 0.6 is 11.3 Å². The van der Waals surface area contributed by atoms with E-state index in [1.54, 1.807) is 7.05 Å². The predicted molar refractivity (Wildman–Crippen MR) is 119 cm³/mol. The zero-order chi connectivity index (χ0) is 21.5. The van der Waals surface area contributed by atoms with Crippen LogP contribution in [0.3, 0.4) is 0 Å². The molecule has 1 saturated heterocycles. The summed E-state index contributed by atoms with van der Waals surface area (Å²) in [6.45, 7) is 3.25. The van der Waals surface area contributed by atoms with Gasteiger partial charge in [0.2, 0.25) is 0 Å². The Bertz CT molecular complexity index is 1130. The highest BCUT2D eigenvalue weighted by Gasteiger charge is 2.32. The highest BCUT2D eigenvalue weighted by Crippen LogP contribution is 2.34. The Morgan fingerprint density at radius 2 is 1.77 bits per heavy atom. The quantitative estimate of drug-likeness (QED) is 0.624. The second-order valence-corrected chi connectivity index (χ2v) is 9.62. The number of carbonyl (C=O) groups is 1. The van der Waals surface area contributed by atoms with E-state index in [1.165, 1.54) is 28.9 Å². The maximum atomic E-state index is 13.2. The van der Waals surface area contributed by atoms with Crippen molar-refractivity contribution in [3.8, 4) is 5.13 Å².